The first-order valence-corrected chi connectivity index (χ1v) is 6.76. The van der Waals surface area contributed by atoms with Crippen molar-refractivity contribution >= 4 is 17.4 Å². The van der Waals surface area contributed by atoms with Crippen LogP contribution < -0.4 is 10.5 Å². The van der Waals surface area contributed by atoms with Gasteiger partial charge in [-0.3, -0.25) is 4.98 Å². The lowest BCUT2D eigenvalue weighted by Crippen LogP contribution is -2.00. The zero-order valence-electron chi connectivity index (χ0n) is 10.3. The summed E-state index contributed by atoms with van der Waals surface area (Å²) >= 11 is 1.68. The number of aromatic nitrogens is 1. The van der Waals surface area contributed by atoms with Gasteiger partial charge in [0.05, 0.1) is 18.5 Å². The van der Waals surface area contributed by atoms with Crippen molar-refractivity contribution < 1.29 is 4.74 Å². The number of ether oxygens (including phenoxy) is 1. The van der Waals surface area contributed by atoms with E-state index in [1.54, 1.807) is 24.2 Å². The third kappa shape index (κ3) is 3.67. The molecule has 0 aliphatic carbocycles. The minimum absolute atomic E-state index is 0.662. The Morgan fingerprint density at radius 3 is 2.72 bits per heavy atom. The van der Waals surface area contributed by atoms with Gasteiger partial charge in [0.25, 0.3) is 0 Å². The van der Waals surface area contributed by atoms with Gasteiger partial charge < -0.3 is 10.5 Å². The van der Waals surface area contributed by atoms with Gasteiger partial charge in [0.2, 0.25) is 0 Å². The zero-order valence-corrected chi connectivity index (χ0v) is 11.1. The number of thioether (sulfide) groups is 1. The molecule has 0 spiro atoms. The first kappa shape index (κ1) is 12.8. The molecule has 3 nitrogen and oxygen atoms in total. The van der Waals surface area contributed by atoms with Crippen molar-refractivity contribution in [3.63, 3.8) is 0 Å². The number of hydrogen-bond donors (Lipinski definition) is 1. The first-order chi connectivity index (χ1) is 8.75. The van der Waals surface area contributed by atoms with E-state index in [1.807, 2.05) is 30.3 Å². The Kier molecular flexibility index (Phi) is 4.47. The first-order valence-electron chi connectivity index (χ1n) is 5.77. The normalized spacial score (nSPS) is 10.3. The molecule has 94 valence electrons. The van der Waals surface area contributed by atoms with E-state index < -0.39 is 0 Å². The van der Waals surface area contributed by atoms with Crippen molar-refractivity contribution in [1.29, 1.82) is 0 Å². The molecule has 0 atom stereocenters. The van der Waals surface area contributed by atoms with Crippen LogP contribution in [-0.2, 0) is 0 Å². The number of nitrogens with zero attached hydrogens (tertiary/aromatic N) is 1. The molecule has 18 heavy (non-hydrogen) atoms. The standard InChI is InChI=1S/C14H16N2OS/c1-11-2-4-12(5-3-11)17-8-9-18-14-6-7-16-10-13(14)15/h2-7,10H,8-9,15H2,1H3. The highest BCUT2D eigenvalue weighted by atomic mass is 32.2. The van der Waals surface area contributed by atoms with E-state index in [0.29, 0.717) is 6.61 Å². The molecule has 0 saturated carbocycles. The molecule has 1 aromatic carbocycles. The maximum Gasteiger partial charge on any atom is 0.119 e. The second-order valence-electron chi connectivity index (χ2n) is 3.92. The average Bonchev–Trinajstić information content (AvgIpc) is 2.39. The van der Waals surface area contributed by atoms with Crippen LogP contribution in [-0.4, -0.2) is 17.3 Å². The second kappa shape index (κ2) is 6.31. The topological polar surface area (TPSA) is 48.1 Å². The maximum absolute atomic E-state index is 5.81. The van der Waals surface area contributed by atoms with Crippen molar-refractivity contribution in [1.82, 2.24) is 4.98 Å². The summed E-state index contributed by atoms with van der Waals surface area (Å²) in [6.45, 7) is 2.72. The van der Waals surface area contributed by atoms with Gasteiger partial charge in [0, 0.05) is 16.8 Å². The number of aryl methyl sites for hydroxylation is 1. The Bertz CT molecular complexity index is 499. The highest BCUT2D eigenvalue weighted by Gasteiger charge is 1.99. The third-order valence-corrected chi connectivity index (χ3v) is 3.49. The maximum atomic E-state index is 5.81. The van der Waals surface area contributed by atoms with Crippen molar-refractivity contribution in [2.24, 2.45) is 0 Å². The summed E-state index contributed by atoms with van der Waals surface area (Å²) < 4.78 is 5.65. The van der Waals surface area contributed by atoms with E-state index in [1.165, 1.54) is 5.56 Å². The summed E-state index contributed by atoms with van der Waals surface area (Å²) in [5.74, 6) is 1.77. The number of anilines is 1. The van der Waals surface area contributed by atoms with E-state index in [0.717, 1.165) is 22.1 Å². The fourth-order valence-electron chi connectivity index (χ4n) is 1.47. The Balaban J connectivity index is 1.76. The van der Waals surface area contributed by atoms with Gasteiger partial charge in [0.15, 0.2) is 0 Å². The second-order valence-corrected chi connectivity index (χ2v) is 5.06. The molecule has 1 heterocycles. The number of pyridine rings is 1. The zero-order chi connectivity index (χ0) is 12.8. The minimum atomic E-state index is 0.662. The van der Waals surface area contributed by atoms with Crippen LogP contribution in [0.25, 0.3) is 0 Å². The molecular weight excluding hydrogens is 244 g/mol. The molecule has 0 aliphatic heterocycles. The van der Waals surface area contributed by atoms with Crippen molar-refractivity contribution in [2.45, 2.75) is 11.8 Å². The number of hydrogen-bond acceptors (Lipinski definition) is 4. The fraction of sp³-hybridized carbons (Fsp3) is 0.214. The Morgan fingerprint density at radius 1 is 1.22 bits per heavy atom. The largest absolute Gasteiger partial charge is 0.493 e. The third-order valence-electron chi connectivity index (χ3n) is 2.44. The summed E-state index contributed by atoms with van der Waals surface area (Å²) in [4.78, 5) is 5.01. The monoisotopic (exact) mass is 260 g/mol. The highest BCUT2D eigenvalue weighted by molar-refractivity contribution is 7.99. The molecule has 0 fully saturated rings. The van der Waals surface area contributed by atoms with E-state index in [-0.39, 0.29) is 0 Å². The molecule has 1 aromatic heterocycles. The SMILES string of the molecule is Cc1ccc(OCCSc2ccncc2N)cc1. The van der Waals surface area contributed by atoms with Crippen LogP contribution >= 0.6 is 11.8 Å². The van der Waals surface area contributed by atoms with Gasteiger partial charge in [-0.25, -0.2) is 0 Å². The lowest BCUT2D eigenvalue weighted by Gasteiger charge is -2.07. The molecule has 0 saturated heterocycles. The smallest absolute Gasteiger partial charge is 0.119 e. The molecule has 0 unspecified atom stereocenters. The fourth-order valence-corrected chi connectivity index (χ4v) is 2.23. The predicted octanol–water partition coefficient (Wildman–Crippen LogP) is 3.14. The molecule has 0 amide bonds. The lowest BCUT2D eigenvalue weighted by atomic mass is 10.2. The van der Waals surface area contributed by atoms with Gasteiger partial charge in [-0.2, -0.15) is 0 Å². The number of nitrogens with two attached hydrogens (primary N) is 1. The van der Waals surface area contributed by atoms with Crippen molar-refractivity contribution in [2.75, 3.05) is 18.1 Å². The molecule has 2 N–H and O–H groups in total. The van der Waals surface area contributed by atoms with Gasteiger partial charge in [-0.15, -0.1) is 11.8 Å². The van der Waals surface area contributed by atoms with Gasteiger partial charge in [-0.05, 0) is 25.1 Å². The summed E-state index contributed by atoms with van der Waals surface area (Å²) in [6, 6.07) is 9.99. The summed E-state index contributed by atoms with van der Waals surface area (Å²) in [6.07, 6.45) is 3.42. The van der Waals surface area contributed by atoms with Gasteiger partial charge in [0.1, 0.15) is 5.75 Å². The molecule has 4 heteroatoms. The quantitative estimate of drug-likeness (QED) is 0.662. The molecule has 0 radical (unpaired) electrons. The molecular formula is C14H16N2OS. The Morgan fingerprint density at radius 2 is 2.00 bits per heavy atom. The van der Waals surface area contributed by atoms with Crippen LogP contribution in [0.15, 0.2) is 47.6 Å². The average molecular weight is 260 g/mol. The minimum Gasteiger partial charge on any atom is -0.493 e. The van der Waals surface area contributed by atoms with Crippen LogP contribution in [0, 0.1) is 6.92 Å². The molecule has 0 aliphatic rings. The van der Waals surface area contributed by atoms with E-state index >= 15 is 0 Å². The Hall–Kier alpha value is -1.68. The Labute approximate surface area is 111 Å². The van der Waals surface area contributed by atoms with Crippen molar-refractivity contribution in [3.05, 3.63) is 48.3 Å². The molecule has 2 aromatic rings. The number of nitrogen functional groups attached to an aromatic ring is 1. The van der Waals surface area contributed by atoms with Crippen LogP contribution in [0.2, 0.25) is 0 Å². The molecule has 2 rings (SSSR count). The summed E-state index contributed by atoms with van der Waals surface area (Å²) in [7, 11) is 0. The van der Waals surface area contributed by atoms with Crippen LogP contribution in [0.3, 0.4) is 0 Å². The van der Waals surface area contributed by atoms with E-state index in [9.17, 15) is 0 Å². The van der Waals surface area contributed by atoms with Gasteiger partial charge >= 0.3 is 0 Å². The highest BCUT2D eigenvalue weighted by Crippen LogP contribution is 2.23. The van der Waals surface area contributed by atoms with Crippen molar-refractivity contribution in [3.8, 4) is 5.75 Å². The van der Waals surface area contributed by atoms with Gasteiger partial charge in [-0.1, -0.05) is 17.7 Å². The summed E-state index contributed by atoms with van der Waals surface area (Å²) in [5, 5.41) is 0. The van der Waals surface area contributed by atoms with E-state index in [4.69, 9.17) is 10.5 Å². The summed E-state index contributed by atoms with van der Waals surface area (Å²) in [5.41, 5.74) is 7.76. The van der Waals surface area contributed by atoms with E-state index in [2.05, 4.69) is 11.9 Å². The number of rotatable bonds is 5. The number of benzene rings is 1. The van der Waals surface area contributed by atoms with Crippen LogP contribution in [0.5, 0.6) is 5.75 Å². The van der Waals surface area contributed by atoms with Crippen LogP contribution in [0.1, 0.15) is 5.56 Å². The molecule has 0 bridgehead atoms. The van der Waals surface area contributed by atoms with Crippen LogP contribution in [0.4, 0.5) is 5.69 Å². The predicted molar refractivity (Wildman–Crippen MR) is 76.0 cm³/mol. The lowest BCUT2D eigenvalue weighted by molar-refractivity contribution is 0.344.